The summed E-state index contributed by atoms with van der Waals surface area (Å²) in [5.41, 5.74) is 0. The van der Waals surface area contributed by atoms with E-state index < -0.39 is 27.9 Å². The second kappa shape index (κ2) is 8.65. The molecule has 0 heterocycles. The molecule has 0 radical (unpaired) electrons. The lowest BCUT2D eigenvalue weighted by Gasteiger charge is -2.21. The van der Waals surface area contributed by atoms with Crippen molar-refractivity contribution in [3.8, 4) is 5.75 Å². The molecule has 0 bridgehead atoms. The molecular weight excluding hydrogens is 336 g/mol. The number of carbonyl (C=O) groups is 2. The van der Waals surface area contributed by atoms with Crippen LogP contribution in [0.5, 0.6) is 5.75 Å². The Bertz CT molecular complexity index is 670. The molecule has 8 nitrogen and oxygen atoms in total. The average molecular weight is 358 g/mol. The third kappa shape index (κ3) is 5.82. The first-order valence-electron chi connectivity index (χ1n) is 7.33. The molecule has 0 aliphatic rings. The Hall–Kier alpha value is -2.13. The summed E-state index contributed by atoms with van der Waals surface area (Å²) < 4.78 is 32.1. The molecule has 0 aliphatic heterocycles. The fourth-order valence-electron chi connectivity index (χ4n) is 1.89. The van der Waals surface area contributed by atoms with E-state index in [1.807, 2.05) is 0 Å². The van der Waals surface area contributed by atoms with Gasteiger partial charge in [0.25, 0.3) is 0 Å². The average Bonchev–Trinajstić information content (AvgIpc) is 2.52. The van der Waals surface area contributed by atoms with Crippen LogP contribution in [0, 0.1) is 5.92 Å². The van der Waals surface area contributed by atoms with E-state index in [0.717, 1.165) is 0 Å². The van der Waals surface area contributed by atoms with Crippen molar-refractivity contribution in [3.63, 3.8) is 0 Å². The van der Waals surface area contributed by atoms with Gasteiger partial charge in [0.2, 0.25) is 15.9 Å². The van der Waals surface area contributed by atoms with Gasteiger partial charge in [-0.25, -0.2) is 8.42 Å². The lowest BCUT2D eigenvalue weighted by atomic mass is 10.1. The molecule has 0 aromatic heterocycles. The molecule has 0 fully saturated rings. The quantitative estimate of drug-likeness (QED) is 0.594. The van der Waals surface area contributed by atoms with Crippen molar-refractivity contribution >= 4 is 21.9 Å². The second-order valence-electron chi connectivity index (χ2n) is 5.45. The predicted octanol–water partition coefficient (Wildman–Crippen LogP) is 0.589. The van der Waals surface area contributed by atoms with Gasteiger partial charge < -0.3 is 15.2 Å². The van der Waals surface area contributed by atoms with Crippen LogP contribution in [-0.4, -0.2) is 45.1 Å². The number of methoxy groups -OCH3 is 1. The molecule has 1 amide bonds. The molecule has 24 heavy (non-hydrogen) atoms. The van der Waals surface area contributed by atoms with Crippen LogP contribution in [0.2, 0.25) is 0 Å². The number of aliphatic carboxylic acids is 1. The summed E-state index contributed by atoms with van der Waals surface area (Å²) in [7, 11) is -2.43. The highest BCUT2D eigenvalue weighted by Crippen LogP contribution is 2.16. The van der Waals surface area contributed by atoms with Gasteiger partial charge in [0.15, 0.2) is 0 Å². The second-order valence-corrected chi connectivity index (χ2v) is 7.17. The third-order valence-corrected chi connectivity index (χ3v) is 4.70. The molecule has 1 rings (SSSR count). The lowest BCUT2D eigenvalue weighted by molar-refractivity contribution is -0.137. The van der Waals surface area contributed by atoms with E-state index in [9.17, 15) is 18.0 Å². The topological polar surface area (TPSA) is 122 Å². The molecule has 9 heteroatoms. The maximum atomic E-state index is 12.4. The standard InChI is InChI=1S/C15H22N2O6S/c1-10(2)14(15(20)16-9-8-13(18)19)17-24(21,22)12-6-4-11(23-3)5-7-12/h4-7,10,14,17H,8-9H2,1-3H3,(H,16,20)(H,18,19)/t14-/m0/s1. The van der Waals surface area contributed by atoms with Gasteiger partial charge in [-0.1, -0.05) is 13.8 Å². The van der Waals surface area contributed by atoms with Gasteiger partial charge in [0.05, 0.1) is 18.4 Å². The third-order valence-electron chi connectivity index (χ3n) is 3.24. The number of rotatable bonds is 9. The first-order chi connectivity index (χ1) is 11.2. The molecule has 0 aliphatic carbocycles. The largest absolute Gasteiger partial charge is 0.497 e. The van der Waals surface area contributed by atoms with Gasteiger partial charge in [-0.3, -0.25) is 9.59 Å². The number of carboxylic acids is 1. The Morgan fingerprint density at radius 1 is 1.21 bits per heavy atom. The van der Waals surface area contributed by atoms with Crippen LogP contribution >= 0.6 is 0 Å². The number of carboxylic acid groups (broad SMARTS) is 1. The fraction of sp³-hybridized carbons (Fsp3) is 0.467. The molecular formula is C15H22N2O6S. The van der Waals surface area contributed by atoms with Crippen molar-refractivity contribution in [2.75, 3.05) is 13.7 Å². The number of sulfonamides is 1. The first-order valence-corrected chi connectivity index (χ1v) is 8.81. The maximum absolute atomic E-state index is 12.4. The Morgan fingerprint density at radius 3 is 2.25 bits per heavy atom. The van der Waals surface area contributed by atoms with E-state index >= 15 is 0 Å². The molecule has 0 spiro atoms. The molecule has 1 atom stereocenters. The predicted molar refractivity (Wildman–Crippen MR) is 87.2 cm³/mol. The van der Waals surface area contributed by atoms with Crippen molar-refractivity contribution in [2.24, 2.45) is 5.92 Å². The minimum Gasteiger partial charge on any atom is -0.497 e. The monoisotopic (exact) mass is 358 g/mol. The zero-order valence-corrected chi connectivity index (χ0v) is 14.6. The van der Waals surface area contributed by atoms with Crippen molar-refractivity contribution in [2.45, 2.75) is 31.2 Å². The molecule has 0 saturated carbocycles. The first kappa shape index (κ1) is 19.9. The van der Waals surface area contributed by atoms with Crippen LogP contribution in [-0.2, 0) is 19.6 Å². The van der Waals surface area contributed by atoms with Crippen LogP contribution < -0.4 is 14.8 Å². The minimum absolute atomic E-state index is 0.00675. The van der Waals surface area contributed by atoms with Crippen LogP contribution in [0.4, 0.5) is 0 Å². The number of hydrogen-bond acceptors (Lipinski definition) is 5. The van der Waals surface area contributed by atoms with Crippen molar-refractivity contribution in [1.29, 1.82) is 0 Å². The normalized spacial score (nSPS) is 12.7. The van der Waals surface area contributed by atoms with Crippen LogP contribution in [0.3, 0.4) is 0 Å². The highest BCUT2D eigenvalue weighted by Gasteiger charge is 2.28. The summed E-state index contributed by atoms with van der Waals surface area (Å²) in [6, 6.07) is 4.75. The fourth-order valence-corrected chi connectivity index (χ4v) is 3.23. The summed E-state index contributed by atoms with van der Waals surface area (Å²) >= 11 is 0. The molecule has 1 aromatic carbocycles. The molecule has 0 saturated heterocycles. The maximum Gasteiger partial charge on any atom is 0.305 e. The number of ether oxygens (including phenoxy) is 1. The van der Waals surface area contributed by atoms with E-state index in [-0.39, 0.29) is 23.8 Å². The van der Waals surface area contributed by atoms with Gasteiger partial charge in [0, 0.05) is 6.54 Å². The zero-order valence-electron chi connectivity index (χ0n) is 13.8. The van der Waals surface area contributed by atoms with Gasteiger partial charge in [-0.05, 0) is 30.2 Å². The molecule has 1 aromatic rings. The van der Waals surface area contributed by atoms with Crippen LogP contribution in [0.1, 0.15) is 20.3 Å². The minimum atomic E-state index is -3.90. The van der Waals surface area contributed by atoms with Gasteiger partial charge in [-0.2, -0.15) is 4.72 Å². The van der Waals surface area contributed by atoms with Gasteiger partial charge in [-0.15, -0.1) is 0 Å². The smallest absolute Gasteiger partial charge is 0.305 e. The van der Waals surface area contributed by atoms with E-state index in [4.69, 9.17) is 9.84 Å². The molecule has 3 N–H and O–H groups in total. The summed E-state index contributed by atoms with van der Waals surface area (Å²) in [6.45, 7) is 3.32. The summed E-state index contributed by atoms with van der Waals surface area (Å²) in [5, 5.41) is 11.0. The number of hydrogen-bond donors (Lipinski definition) is 3. The number of amides is 1. The van der Waals surface area contributed by atoms with Crippen molar-refractivity contribution in [1.82, 2.24) is 10.0 Å². The Labute approximate surface area is 141 Å². The van der Waals surface area contributed by atoms with Crippen LogP contribution in [0.25, 0.3) is 0 Å². The SMILES string of the molecule is COc1ccc(S(=O)(=O)N[C@H](C(=O)NCCC(=O)O)C(C)C)cc1. The summed E-state index contributed by atoms with van der Waals surface area (Å²) in [4.78, 5) is 22.6. The van der Waals surface area contributed by atoms with Crippen LogP contribution in [0.15, 0.2) is 29.2 Å². The Morgan fingerprint density at radius 2 is 1.79 bits per heavy atom. The summed E-state index contributed by atoms with van der Waals surface area (Å²) in [5.74, 6) is -1.41. The number of benzene rings is 1. The Kier molecular flexibility index (Phi) is 7.18. The van der Waals surface area contributed by atoms with E-state index in [0.29, 0.717) is 5.75 Å². The van der Waals surface area contributed by atoms with Crippen molar-refractivity contribution in [3.05, 3.63) is 24.3 Å². The van der Waals surface area contributed by atoms with E-state index in [1.165, 1.54) is 31.4 Å². The Balaban J connectivity index is 2.85. The van der Waals surface area contributed by atoms with Gasteiger partial charge in [0.1, 0.15) is 11.8 Å². The van der Waals surface area contributed by atoms with E-state index in [2.05, 4.69) is 10.0 Å². The lowest BCUT2D eigenvalue weighted by Crippen LogP contribution is -2.49. The highest BCUT2D eigenvalue weighted by molar-refractivity contribution is 7.89. The van der Waals surface area contributed by atoms with E-state index in [1.54, 1.807) is 13.8 Å². The number of nitrogens with one attached hydrogen (secondary N) is 2. The molecule has 0 unspecified atom stereocenters. The van der Waals surface area contributed by atoms with Crippen molar-refractivity contribution < 1.29 is 27.9 Å². The molecule has 134 valence electrons. The van der Waals surface area contributed by atoms with Gasteiger partial charge >= 0.3 is 5.97 Å². The highest BCUT2D eigenvalue weighted by atomic mass is 32.2. The zero-order chi connectivity index (χ0) is 18.3. The number of carbonyl (C=O) groups excluding carboxylic acids is 1. The summed E-state index contributed by atoms with van der Waals surface area (Å²) in [6.07, 6.45) is -0.234.